The molecule has 5 nitrogen and oxygen atoms in total. The third kappa shape index (κ3) is 3.55. The third-order valence-electron chi connectivity index (χ3n) is 3.74. The van der Waals surface area contributed by atoms with Crippen molar-refractivity contribution in [2.24, 2.45) is 0 Å². The first kappa shape index (κ1) is 16.4. The van der Waals surface area contributed by atoms with Gasteiger partial charge in [0.15, 0.2) is 0 Å². The van der Waals surface area contributed by atoms with Crippen molar-refractivity contribution < 1.29 is 14.4 Å². The highest BCUT2D eigenvalue weighted by atomic mass is 16.2. The molecule has 0 radical (unpaired) electrons. The fourth-order valence-electron chi connectivity index (χ4n) is 2.42. The van der Waals surface area contributed by atoms with Crippen LogP contribution in [0, 0.1) is 6.92 Å². The summed E-state index contributed by atoms with van der Waals surface area (Å²) in [7, 11) is 0. The molecule has 0 spiro atoms. The number of benzene rings is 2. The summed E-state index contributed by atoms with van der Waals surface area (Å²) in [5, 5.41) is 2.19. The van der Waals surface area contributed by atoms with Gasteiger partial charge in [-0.05, 0) is 30.7 Å². The van der Waals surface area contributed by atoms with Crippen LogP contribution in [-0.4, -0.2) is 17.8 Å². The molecule has 0 aliphatic carbocycles. The Labute approximate surface area is 145 Å². The van der Waals surface area contributed by atoms with Crippen molar-refractivity contribution in [3.8, 4) is 0 Å². The van der Waals surface area contributed by atoms with Crippen molar-refractivity contribution in [3.63, 3.8) is 0 Å². The Morgan fingerprint density at radius 3 is 2.28 bits per heavy atom. The molecule has 5 heteroatoms. The molecule has 124 valence electrons. The molecule has 0 aromatic heterocycles. The summed E-state index contributed by atoms with van der Waals surface area (Å²) in [5.74, 6) is -1.34. The van der Waals surface area contributed by atoms with Crippen LogP contribution < -0.4 is 10.2 Å². The van der Waals surface area contributed by atoms with Gasteiger partial charge in [0.25, 0.3) is 11.8 Å². The van der Waals surface area contributed by atoms with E-state index in [2.05, 4.69) is 5.32 Å². The maximum atomic E-state index is 12.6. The van der Waals surface area contributed by atoms with Gasteiger partial charge in [-0.3, -0.25) is 14.9 Å². The second-order valence-electron chi connectivity index (χ2n) is 5.59. The number of rotatable bonds is 3. The first-order chi connectivity index (χ1) is 12.1. The summed E-state index contributed by atoms with van der Waals surface area (Å²) < 4.78 is 0. The monoisotopic (exact) mass is 332 g/mol. The number of para-hydroxylation sites is 1. The highest BCUT2D eigenvalue weighted by molar-refractivity contribution is 6.37. The number of barbiturate groups is 1. The molecule has 0 unspecified atom stereocenters. The van der Waals surface area contributed by atoms with Gasteiger partial charge in [-0.15, -0.1) is 0 Å². The van der Waals surface area contributed by atoms with E-state index < -0.39 is 17.8 Å². The second-order valence-corrected chi connectivity index (χ2v) is 5.59. The molecule has 2 aromatic rings. The standard InChI is InChI=1S/C20H16N2O3/c1-14-10-12-15(13-11-14)6-5-9-17-18(23)21-20(25)22(19(17)24)16-7-3-2-4-8-16/h2-13H,1H3,(H,21,23,25)/b6-5+,17-9-. The van der Waals surface area contributed by atoms with Crippen molar-refractivity contribution in [3.05, 3.63) is 83.4 Å². The first-order valence-electron chi connectivity index (χ1n) is 7.76. The molecule has 25 heavy (non-hydrogen) atoms. The number of carbonyl (C=O) groups excluding carboxylic acids is 3. The second kappa shape index (κ2) is 6.97. The Kier molecular flexibility index (Phi) is 4.57. The van der Waals surface area contributed by atoms with Crippen molar-refractivity contribution >= 4 is 29.6 Å². The molecular formula is C20H16N2O3. The quantitative estimate of drug-likeness (QED) is 0.693. The van der Waals surface area contributed by atoms with Crippen LogP contribution in [0.1, 0.15) is 11.1 Å². The van der Waals surface area contributed by atoms with Gasteiger partial charge in [0.05, 0.1) is 5.69 Å². The minimum absolute atomic E-state index is 0.0909. The van der Waals surface area contributed by atoms with E-state index in [0.29, 0.717) is 5.69 Å². The molecule has 0 bridgehead atoms. The SMILES string of the molecule is Cc1ccc(/C=C/C=C2/C(=O)NC(=O)N(c3ccccc3)C2=O)cc1. The van der Waals surface area contributed by atoms with Crippen molar-refractivity contribution in [1.29, 1.82) is 0 Å². The topological polar surface area (TPSA) is 66.5 Å². The van der Waals surface area contributed by atoms with E-state index in [1.54, 1.807) is 42.5 Å². The molecule has 3 rings (SSSR count). The number of hydrogen-bond acceptors (Lipinski definition) is 3. The summed E-state index contributed by atoms with van der Waals surface area (Å²) >= 11 is 0. The number of hydrogen-bond donors (Lipinski definition) is 1. The van der Waals surface area contributed by atoms with Crippen LogP contribution >= 0.6 is 0 Å². The fourth-order valence-corrected chi connectivity index (χ4v) is 2.42. The number of amides is 4. The van der Waals surface area contributed by atoms with E-state index in [0.717, 1.165) is 16.0 Å². The zero-order chi connectivity index (χ0) is 17.8. The van der Waals surface area contributed by atoms with Crippen molar-refractivity contribution in [2.45, 2.75) is 6.92 Å². The zero-order valence-electron chi connectivity index (χ0n) is 13.6. The van der Waals surface area contributed by atoms with Gasteiger partial charge in [-0.2, -0.15) is 0 Å². The Morgan fingerprint density at radius 2 is 1.60 bits per heavy atom. The average molecular weight is 332 g/mol. The lowest BCUT2D eigenvalue weighted by atomic mass is 10.1. The lowest BCUT2D eigenvalue weighted by Gasteiger charge is -2.26. The minimum Gasteiger partial charge on any atom is -0.273 e. The Balaban J connectivity index is 1.87. The predicted molar refractivity (Wildman–Crippen MR) is 95.8 cm³/mol. The van der Waals surface area contributed by atoms with Crippen LogP contribution in [0.25, 0.3) is 6.08 Å². The number of nitrogens with one attached hydrogen (secondary N) is 1. The lowest BCUT2D eigenvalue weighted by Crippen LogP contribution is -2.54. The van der Waals surface area contributed by atoms with E-state index in [-0.39, 0.29) is 5.57 Å². The van der Waals surface area contributed by atoms with Gasteiger partial charge in [0, 0.05) is 0 Å². The Bertz CT molecular complexity index is 881. The van der Waals surface area contributed by atoms with E-state index in [9.17, 15) is 14.4 Å². The summed E-state index contributed by atoms with van der Waals surface area (Å²) in [6.45, 7) is 2.00. The summed E-state index contributed by atoms with van der Waals surface area (Å²) in [6, 6.07) is 15.5. The number of imide groups is 2. The van der Waals surface area contributed by atoms with Crippen LogP contribution in [0.3, 0.4) is 0 Å². The minimum atomic E-state index is -0.749. The van der Waals surface area contributed by atoms with Crippen molar-refractivity contribution in [2.75, 3.05) is 4.90 Å². The molecule has 1 heterocycles. The first-order valence-corrected chi connectivity index (χ1v) is 7.76. The largest absolute Gasteiger partial charge is 0.335 e. The van der Waals surface area contributed by atoms with Crippen LogP contribution in [0.2, 0.25) is 0 Å². The molecule has 1 saturated heterocycles. The maximum absolute atomic E-state index is 12.6. The van der Waals surface area contributed by atoms with Crippen molar-refractivity contribution in [1.82, 2.24) is 5.32 Å². The predicted octanol–water partition coefficient (Wildman–Crippen LogP) is 3.22. The number of nitrogens with zero attached hydrogens (tertiary/aromatic N) is 1. The van der Waals surface area contributed by atoms with Gasteiger partial charge >= 0.3 is 6.03 Å². The highest BCUT2D eigenvalue weighted by Crippen LogP contribution is 2.20. The van der Waals surface area contributed by atoms with Crippen LogP contribution in [0.5, 0.6) is 0 Å². The molecule has 1 N–H and O–H groups in total. The number of aryl methyl sites for hydroxylation is 1. The van der Waals surface area contributed by atoms with Crippen LogP contribution in [0.4, 0.5) is 10.5 Å². The number of anilines is 1. The average Bonchev–Trinajstić information content (AvgIpc) is 2.60. The van der Waals surface area contributed by atoms with Gasteiger partial charge in [0.2, 0.25) is 0 Å². The third-order valence-corrected chi connectivity index (χ3v) is 3.74. The molecule has 0 atom stereocenters. The summed E-state index contributed by atoms with van der Waals surface area (Å²) in [4.78, 5) is 37.5. The lowest BCUT2D eigenvalue weighted by molar-refractivity contribution is -0.122. The molecule has 1 aliphatic rings. The summed E-state index contributed by atoms with van der Waals surface area (Å²) in [5.41, 5.74) is 2.41. The van der Waals surface area contributed by atoms with E-state index >= 15 is 0 Å². The van der Waals surface area contributed by atoms with Crippen LogP contribution in [0.15, 0.2) is 72.3 Å². The van der Waals surface area contributed by atoms with E-state index in [1.165, 1.54) is 6.08 Å². The normalized spacial score (nSPS) is 16.6. The Hall–Kier alpha value is -3.47. The smallest absolute Gasteiger partial charge is 0.273 e. The van der Waals surface area contributed by atoms with Gasteiger partial charge in [-0.25, -0.2) is 9.69 Å². The van der Waals surface area contributed by atoms with E-state index in [1.807, 2.05) is 31.2 Å². The highest BCUT2D eigenvalue weighted by Gasteiger charge is 2.36. The van der Waals surface area contributed by atoms with Gasteiger partial charge < -0.3 is 0 Å². The molecule has 1 fully saturated rings. The fraction of sp³-hybridized carbons (Fsp3) is 0.0500. The number of allylic oxidation sites excluding steroid dienone is 2. The maximum Gasteiger partial charge on any atom is 0.335 e. The van der Waals surface area contributed by atoms with E-state index in [4.69, 9.17) is 0 Å². The summed E-state index contributed by atoms with van der Waals surface area (Å²) in [6.07, 6.45) is 4.83. The zero-order valence-corrected chi connectivity index (χ0v) is 13.6. The molecule has 1 aliphatic heterocycles. The van der Waals surface area contributed by atoms with Crippen LogP contribution in [-0.2, 0) is 9.59 Å². The number of urea groups is 1. The molecule has 0 saturated carbocycles. The number of carbonyl (C=O) groups is 3. The Morgan fingerprint density at radius 1 is 0.920 bits per heavy atom. The molecule has 2 aromatic carbocycles. The molecular weight excluding hydrogens is 316 g/mol. The van der Waals surface area contributed by atoms with Gasteiger partial charge in [0.1, 0.15) is 5.57 Å². The molecule has 4 amide bonds. The van der Waals surface area contributed by atoms with Gasteiger partial charge in [-0.1, -0.05) is 60.2 Å².